The number of guanidine groups is 1. The molecule has 1 amide bonds. The topological polar surface area (TPSA) is 63.7 Å². The number of carbonyl (C=O) groups is 1. The van der Waals surface area contributed by atoms with Gasteiger partial charge in [0.25, 0.3) is 0 Å². The van der Waals surface area contributed by atoms with Crippen molar-refractivity contribution >= 4 is 17.6 Å². The van der Waals surface area contributed by atoms with E-state index in [-0.39, 0.29) is 12.5 Å². The van der Waals surface area contributed by atoms with Crippen LogP contribution in [0.25, 0.3) is 0 Å². The van der Waals surface area contributed by atoms with Gasteiger partial charge in [0, 0.05) is 72.6 Å². The van der Waals surface area contributed by atoms with E-state index in [0.29, 0.717) is 5.92 Å². The summed E-state index contributed by atoms with van der Waals surface area (Å²) in [6, 6.07) is 10.4. The average molecular weight is 445 g/mol. The Balaban J connectivity index is 1.50. The van der Waals surface area contributed by atoms with Gasteiger partial charge >= 0.3 is 0 Å². The third kappa shape index (κ3) is 7.67. The van der Waals surface area contributed by atoms with Crippen LogP contribution in [-0.2, 0) is 9.53 Å². The average Bonchev–Trinajstić information content (AvgIpc) is 3.27. The molecule has 2 heterocycles. The highest BCUT2D eigenvalue weighted by atomic mass is 16.5. The second kappa shape index (κ2) is 12.6. The van der Waals surface area contributed by atoms with Crippen LogP contribution in [-0.4, -0.2) is 113 Å². The van der Waals surface area contributed by atoms with Crippen molar-refractivity contribution in [1.29, 1.82) is 0 Å². The number of carbonyl (C=O) groups excluding carboxylic acids is 1. The third-order valence-electron chi connectivity index (χ3n) is 6.22. The van der Waals surface area contributed by atoms with Crippen LogP contribution < -0.4 is 10.2 Å². The molecule has 1 aromatic rings. The predicted molar refractivity (Wildman–Crippen MR) is 130 cm³/mol. The van der Waals surface area contributed by atoms with Gasteiger partial charge in [0.15, 0.2) is 5.96 Å². The number of likely N-dealkylation sites (N-methyl/N-ethyl adjacent to an activating group) is 1. The maximum atomic E-state index is 12.1. The minimum Gasteiger partial charge on any atom is -0.379 e. The van der Waals surface area contributed by atoms with Gasteiger partial charge in [0.05, 0.1) is 13.2 Å². The summed E-state index contributed by atoms with van der Waals surface area (Å²) < 4.78 is 5.48. The Labute approximate surface area is 193 Å². The van der Waals surface area contributed by atoms with Crippen molar-refractivity contribution in [1.82, 2.24) is 20.0 Å². The normalized spacial score (nSPS) is 19.8. The molecule has 178 valence electrons. The summed E-state index contributed by atoms with van der Waals surface area (Å²) in [4.78, 5) is 25.5. The number of nitrogens with zero attached hydrogens (tertiary/aromatic N) is 5. The Bertz CT molecular complexity index is 720. The first-order chi connectivity index (χ1) is 15.5. The molecule has 32 heavy (non-hydrogen) atoms. The third-order valence-corrected chi connectivity index (χ3v) is 6.22. The van der Waals surface area contributed by atoms with E-state index in [4.69, 9.17) is 4.74 Å². The van der Waals surface area contributed by atoms with Crippen LogP contribution in [0.4, 0.5) is 5.69 Å². The lowest BCUT2D eigenvalue weighted by atomic mass is 10.1. The van der Waals surface area contributed by atoms with Crippen LogP contribution in [0.15, 0.2) is 35.3 Å². The number of anilines is 1. The zero-order chi connectivity index (χ0) is 22.8. The first kappa shape index (κ1) is 24.3. The van der Waals surface area contributed by atoms with E-state index in [9.17, 15) is 4.79 Å². The number of hydrogen-bond donors (Lipinski definition) is 1. The lowest BCUT2D eigenvalue weighted by Gasteiger charge is -2.29. The van der Waals surface area contributed by atoms with Gasteiger partial charge in [0.2, 0.25) is 5.91 Å². The summed E-state index contributed by atoms with van der Waals surface area (Å²) in [5.41, 5.74) is 1.23. The van der Waals surface area contributed by atoms with Gasteiger partial charge in [0.1, 0.15) is 6.54 Å². The number of nitrogens with one attached hydrogen (secondary N) is 1. The monoisotopic (exact) mass is 444 g/mol. The number of morpholine rings is 1. The van der Waals surface area contributed by atoms with Gasteiger partial charge in [-0.25, -0.2) is 4.99 Å². The molecule has 0 bridgehead atoms. The smallest absolute Gasteiger partial charge is 0.243 e. The number of para-hydroxylation sites is 1. The first-order valence-corrected chi connectivity index (χ1v) is 11.8. The van der Waals surface area contributed by atoms with Gasteiger partial charge in [-0.3, -0.25) is 9.69 Å². The van der Waals surface area contributed by atoms with Crippen LogP contribution in [0.5, 0.6) is 0 Å². The molecule has 1 aromatic carbocycles. The lowest BCUT2D eigenvalue weighted by molar-refractivity contribution is -0.127. The number of rotatable bonds is 9. The van der Waals surface area contributed by atoms with E-state index in [2.05, 4.69) is 56.3 Å². The quantitative estimate of drug-likeness (QED) is 0.351. The molecule has 2 fully saturated rings. The van der Waals surface area contributed by atoms with Gasteiger partial charge in [-0.1, -0.05) is 18.2 Å². The van der Waals surface area contributed by atoms with Crippen molar-refractivity contribution < 1.29 is 9.53 Å². The molecule has 0 aromatic heterocycles. The van der Waals surface area contributed by atoms with E-state index >= 15 is 0 Å². The number of hydrogen-bond acceptors (Lipinski definition) is 5. The van der Waals surface area contributed by atoms with Crippen molar-refractivity contribution in [2.75, 3.05) is 91.6 Å². The van der Waals surface area contributed by atoms with E-state index in [1.54, 1.807) is 19.0 Å². The molecule has 2 aliphatic rings. The van der Waals surface area contributed by atoms with Crippen LogP contribution in [0.2, 0.25) is 0 Å². The number of ether oxygens (including phenoxy) is 1. The summed E-state index contributed by atoms with van der Waals surface area (Å²) in [5.74, 6) is 1.53. The molecule has 3 rings (SSSR count). The number of likely N-dealkylation sites (tertiary alicyclic amines) is 1. The van der Waals surface area contributed by atoms with E-state index in [1.165, 1.54) is 5.69 Å². The molecule has 2 aliphatic heterocycles. The second-order valence-corrected chi connectivity index (χ2v) is 8.98. The van der Waals surface area contributed by atoms with Crippen LogP contribution in [0, 0.1) is 5.92 Å². The maximum absolute atomic E-state index is 12.1. The molecular weight excluding hydrogens is 404 g/mol. The summed E-state index contributed by atoms with van der Waals surface area (Å²) >= 11 is 0. The highest BCUT2D eigenvalue weighted by Crippen LogP contribution is 2.18. The van der Waals surface area contributed by atoms with Crippen molar-refractivity contribution in [2.24, 2.45) is 10.9 Å². The molecule has 0 spiro atoms. The Hall–Kier alpha value is -2.32. The van der Waals surface area contributed by atoms with Crippen molar-refractivity contribution in [3.8, 4) is 0 Å². The first-order valence-electron chi connectivity index (χ1n) is 11.8. The fraction of sp³-hybridized carbons (Fsp3) is 0.667. The molecule has 2 saturated heterocycles. The Kier molecular flexibility index (Phi) is 9.62. The molecule has 8 nitrogen and oxygen atoms in total. The molecular formula is C24H40N6O2. The predicted octanol–water partition coefficient (Wildman–Crippen LogP) is 1.20. The Morgan fingerprint density at radius 2 is 1.91 bits per heavy atom. The summed E-state index contributed by atoms with van der Waals surface area (Å²) in [5, 5.41) is 3.53. The summed E-state index contributed by atoms with van der Waals surface area (Å²) in [6.45, 7) is 8.81. The van der Waals surface area contributed by atoms with Crippen LogP contribution in [0.1, 0.15) is 12.8 Å². The van der Waals surface area contributed by atoms with Crippen LogP contribution >= 0.6 is 0 Å². The SMILES string of the molecule is CN(C)C(=O)CN=C(NCCCN(C)c1ccccc1)N1CCC(CN2CCOCC2)C1. The lowest BCUT2D eigenvalue weighted by Crippen LogP contribution is -2.43. The zero-order valence-electron chi connectivity index (χ0n) is 20.0. The molecule has 0 saturated carbocycles. The molecule has 1 unspecified atom stereocenters. The van der Waals surface area contributed by atoms with Crippen molar-refractivity contribution in [3.63, 3.8) is 0 Å². The fourth-order valence-electron chi connectivity index (χ4n) is 4.20. The molecule has 0 aliphatic carbocycles. The fourth-order valence-corrected chi connectivity index (χ4v) is 4.20. The minimum absolute atomic E-state index is 0.0252. The molecule has 1 atom stereocenters. The largest absolute Gasteiger partial charge is 0.379 e. The van der Waals surface area contributed by atoms with Gasteiger partial charge in [-0.2, -0.15) is 0 Å². The Morgan fingerprint density at radius 3 is 2.62 bits per heavy atom. The Morgan fingerprint density at radius 1 is 1.16 bits per heavy atom. The van der Waals surface area contributed by atoms with E-state index in [1.807, 2.05) is 6.07 Å². The highest BCUT2D eigenvalue weighted by Gasteiger charge is 2.27. The van der Waals surface area contributed by atoms with E-state index < -0.39 is 0 Å². The molecule has 8 heteroatoms. The number of amides is 1. The molecule has 1 N–H and O–H groups in total. The minimum atomic E-state index is 0.0252. The second-order valence-electron chi connectivity index (χ2n) is 8.98. The van der Waals surface area contributed by atoms with E-state index in [0.717, 1.165) is 77.8 Å². The summed E-state index contributed by atoms with van der Waals surface area (Å²) in [6.07, 6.45) is 2.16. The van der Waals surface area contributed by atoms with Crippen LogP contribution in [0.3, 0.4) is 0 Å². The number of benzene rings is 1. The number of aliphatic imine (C=N–C) groups is 1. The van der Waals surface area contributed by atoms with Gasteiger partial charge < -0.3 is 24.8 Å². The highest BCUT2D eigenvalue weighted by molar-refractivity contribution is 5.85. The standard InChI is InChI=1S/C24H40N6O2/c1-27(2)23(31)18-26-24(25-11-7-12-28(3)22-8-5-4-6-9-22)30-13-10-21(20-30)19-29-14-16-32-17-15-29/h4-6,8-9,21H,7,10-20H2,1-3H3,(H,25,26). The molecule has 0 radical (unpaired) electrons. The van der Waals surface area contributed by atoms with Crippen molar-refractivity contribution in [2.45, 2.75) is 12.8 Å². The summed E-state index contributed by atoms with van der Waals surface area (Å²) in [7, 11) is 5.67. The van der Waals surface area contributed by atoms with Gasteiger partial charge in [-0.05, 0) is 30.9 Å². The maximum Gasteiger partial charge on any atom is 0.243 e. The van der Waals surface area contributed by atoms with Gasteiger partial charge in [-0.15, -0.1) is 0 Å². The van der Waals surface area contributed by atoms with Crippen molar-refractivity contribution in [3.05, 3.63) is 30.3 Å². The zero-order valence-corrected chi connectivity index (χ0v) is 20.0.